The van der Waals surface area contributed by atoms with Gasteiger partial charge in [0.05, 0.1) is 0 Å². The van der Waals surface area contributed by atoms with E-state index in [2.05, 4.69) is 13.8 Å². The molecule has 1 fully saturated rings. The Morgan fingerprint density at radius 1 is 1.39 bits per heavy atom. The van der Waals surface area contributed by atoms with Gasteiger partial charge in [0, 0.05) is 18.2 Å². The van der Waals surface area contributed by atoms with E-state index in [1.165, 1.54) is 0 Å². The van der Waals surface area contributed by atoms with Crippen molar-refractivity contribution in [1.82, 2.24) is 4.90 Å². The number of carboxylic acids is 1. The van der Waals surface area contributed by atoms with Crippen molar-refractivity contribution in [3.63, 3.8) is 0 Å². The molecule has 1 aromatic rings. The molecule has 0 radical (unpaired) electrons. The van der Waals surface area contributed by atoms with Gasteiger partial charge in [-0.15, -0.1) is 0 Å². The smallest absolute Gasteiger partial charge is 0.341 e. The molecule has 2 rings (SSSR count). The van der Waals surface area contributed by atoms with Crippen molar-refractivity contribution in [1.29, 1.82) is 0 Å². The van der Waals surface area contributed by atoms with E-state index in [0.29, 0.717) is 17.2 Å². The number of aliphatic carboxylic acids is 1. The lowest BCUT2D eigenvalue weighted by molar-refractivity contribution is -0.139. The molecule has 5 heteroatoms. The number of rotatable bonds is 6. The lowest BCUT2D eigenvalue weighted by atomic mass is 9.87. The van der Waals surface area contributed by atoms with E-state index in [-0.39, 0.29) is 11.9 Å². The number of ether oxygens (including phenoxy) is 1. The van der Waals surface area contributed by atoms with Gasteiger partial charge in [-0.3, -0.25) is 4.79 Å². The van der Waals surface area contributed by atoms with Crippen LogP contribution in [0.25, 0.3) is 0 Å². The number of hydrogen-bond acceptors (Lipinski definition) is 3. The number of amides is 1. The van der Waals surface area contributed by atoms with Gasteiger partial charge in [0.15, 0.2) is 6.61 Å². The Balaban J connectivity index is 2.14. The Hall–Kier alpha value is -2.04. The maximum atomic E-state index is 12.9. The monoisotopic (exact) mass is 319 g/mol. The van der Waals surface area contributed by atoms with Crippen molar-refractivity contribution < 1.29 is 19.4 Å². The largest absolute Gasteiger partial charge is 0.482 e. The molecule has 1 heterocycles. The highest BCUT2D eigenvalue weighted by Crippen LogP contribution is 2.28. The first-order chi connectivity index (χ1) is 11.0. The molecule has 1 aromatic carbocycles. The molecule has 2 atom stereocenters. The van der Waals surface area contributed by atoms with E-state index in [9.17, 15) is 9.59 Å². The molecule has 126 valence electrons. The van der Waals surface area contributed by atoms with Gasteiger partial charge >= 0.3 is 5.97 Å². The van der Waals surface area contributed by atoms with E-state index < -0.39 is 12.6 Å². The summed E-state index contributed by atoms with van der Waals surface area (Å²) in [6.07, 6.45) is 4.27. The fourth-order valence-corrected chi connectivity index (χ4v) is 3.27. The molecule has 5 nitrogen and oxygen atoms in total. The van der Waals surface area contributed by atoms with E-state index >= 15 is 0 Å². The molecule has 0 spiro atoms. The average molecular weight is 319 g/mol. The summed E-state index contributed by atoms with van der Waals surface area (Å²) in [5.74, 6) is -0.0974. The van der Waals surface area contributed by atoms with Gasteiger partial charge in [-0.1, -0.05) is 26.3 Å². The van der Waals surface area contributed by atoms with Crippen molar-refractivity contribution in [2.75, 3.05) is 13.2 Å². The molecule has 1 amide bonds. The number of carboxylic acid groups (broad SMARTS) is 1. The second kappa shape index (κ2) is 7.99. The lowest BCUT2D eigenvalue weighted by Gasteiger charge is -2.40. The fourth-order valence-electron chi connectivity index (χ4n) is 3.27. The number of carbonyl (C=O) groups excluding carboxylic acids is 1. The first-order valence-electron chi connectivity index (χ1n) is 8.28. The number of nitrogens with zero attached hydrogens (tertiary/aromatic N) is 1. The quantitative estimate of drug-likeness (QED) is 0.874. The lowest BCUT2D eigenvalue weighted by Crippen LogP contribution is -2.47. The Morgan fingerprint density at radius 3 is 2.87 bits per heavy atom. The molecule has 0 aromatic heterocycles. The minimum absolute atomic E-state index is 0.00998. The van der Waals surface area contributed by atoms with Crippen LogP contribution < -0.4 is 4.74 Å². The minimum atomic E-state index is -1.03. The van der Waals surface area contributed by atoms with Crippen LogP contribution >= 0.6 is 0 Å². The molecule has 1 aliphatic heterocycles. The van der Waals surface area contributed by atoms with Gasteiger partial charge in [0.1, 0.15) is 5.75 Å². The molecule has 0 bridgehead atoms. The maximum absolute atomic E-state index is 12.9. The summed E-state index contributed by atoms with van der Waals surface area (Å²) in [6, 6.07) is 7.07. The Labute approximate surface area is 137 Å². The van der Waals surface area contributed by atoms with Gasteiger partial charge in [0.2, 0.25) is 0 Å². The number of likely N-dealkylation sites (tertiary alicyclic amines) is 1. The highest BCUT2D eigenvalue weighted by Gasteiger charge is 2.31. The van der Waals surface area contributed by atoms with E-state index in [1.807, 2.05) is 4.90 Å². The van der Waals surface area contributed by atoms with Crippen LogP contribution in [0.5, 0.6) is 5.75 Å². The second-order valence-electron chi connectivity index (χ2n) is 6.18. The van der Waals surface area contributed by atoms with Crippen LogP contribution in [0.15, 0.2) is 24.3 Å². The highest BCUT2D eigenvalue weighted by molar-refractivity contribution is 5.95. The molecule has 0 aliphatic carbocycles. The molecule has 0 saturated carbocycles. The number of benzene rings is 1. The van der Waals surface area contributed by atoms with Crippen LogP contribution in [0.3, 0.4) is 0 Å². The third kappa shape index (κ3) is 4.47. The molecular weight excluding hydrogens is 294 g/mol. The first kappa shape index (κ1) is 17.3. The normalized spacial score (nSPS) is 21.0. The fraction of sp³-hybridized carbons (Fsp3) is 0.556. The van der Waals surface area contributed by atoms with Gasteiger partial charge in [-0.2, -0.15) is 0 Å². The highest BCUT2D eigenvalue weighted by atomic mass is 16.5. The summed E-state index contributed by atoms with van der Waals surface area (Å²) < 4.78 is 5.17. The summed E-state index contributed by atoms with van der Waals surface area (Å²) in [5, 5.41) is 8.68. The van der Waals surface area contributed by atoms with Gasteiger partial charge < -0.3 is 14.7 Å². The van der Waals surface area contributed by atoms with E-state index in [4.69, 9.17) is 9.84 Å². The average Bonchev–Trinajstić information content (AvgIpc) is 2.54. The number of piperidine rings is 1. The third-order valence-electron chi connectivity index (χ3n) is 4.40. The summed E-state index contributed by atoms with van der Waals surface area (Å²) >= 11 is 0. The molecular formula is C18H25NO4. The molecule has 23 heavy (non-hydrogen) atoms. The standard InChI is InChI=1S/C18H25NO4/c1-3-6-16-13(2)7-5-10-19(16)18(22)14-8-4-9-15(11-14)23-12-17(20)21/h4,8-9,11,13,16H,3,5-7,10,12H2,1-2H3,(H,20,21). The van der Waals surface area contributed by atoms with E-state index in [0.717, 1.165) is 32.2 Å². The molecule has 1 N–H and O–H groups in total. The van der Waals surface area contributed by atoms with Gasteiger partial charge in [-0.05, 0) is 43.4 Å². The van der Waals surface area contributed by atoms with E-state index in [1.54, 1.807) is 24.3 Å². The number of carbonyl (C=O) groups is 2. The van der Waals surface area contributed by atoms with Crippen LogP contribution in [-0.2, 0) is 4.79 Å². The molecule has 2 unspecified atom stereocenters. The van der Waals surface area contributed by atoms with Crippen molar-refractivity contribution >= 4 is 11.9 Å². The second-order valence-corrected chi connectivity index (χ2v) is 6.18. The predicted molar refractivity (Wildman–Crippen MR) is 87.7 cm³/mol. The van der Waals surface area contributed by atoms with Crippen molar-refractivity contribution in [2.24, 2.45) is 5.92 Å². The molecule has 1 saturated heterocycles. The SMILES string of the molecule is CCCC1C(C)CCCN1C(=O)c1cccc(OCC(=O)O)c1. The minimum Gasteiger partial charge on any atom is -0.482 e. The Morgan fingerprint density at radius 2 is 2.17 bits per heavy atom. The third-order valence-corrected chi connectivity index (χ3v) is 4.40. The zero-order chi connectivity index (χ0) is 16.8. The Bertz CT molecular complexity index is 558. The summed E-state index contributed by atoms with van der Waals surface area (Å²) in [6.45, 7) is 4.74. The van der Waals surface area contributed by atoms with Gasteiger partial charge in [-0.25, -0.2) is 4.79 Å². The van der Waals surface area contributed by atoms with Crippen molar-refractivity contribution in [3.05, 3.63) is 29.8 Å². The molecule has 1 aliphatic rings. The number of hydrogen-bond donors (Lipinski definition) is 1. The van der Waals surface area contributed by atoms with Crippen molar-refractivity contribution in [3.8, 4) is 5.75 Å². The zero-order valence-corrected chi connectivity index (χ0v) is 13.8. The van der Waals surface area contributed by atoms with Crippen LogP contribution in [-0.4, -0.2) is 41.1 Å². The van der Waals surface area contributed by atoms with Crippen LogP contribution in [0.4, 0.5) is 0 Å². The summed E-state index contributed by atoms with van der Waals surface area (Å²) in [7, 11) is 0. The topological polar surface area (TPSA) is 66.8 Å². The Kier molecular flexibility index (Phi) is 6.02. The van der Waals surface area contributed by atoms with Crippen molar-refractivity contribution in [2.45, 2.75) is 45.6 Å². The van der Waals surface area contributed by atoms with Crippen LogP contribution in [0.1, 0.15) is 49.9 Å². The maximum Gasteiger partial charge on any atom is 0.341 e. The van der Waals surface area contributed by atoms with Crippen LogP contribution in [0, 0.1) is 5.92 Å². The predicted octanol–water partition coefficient (Wildman–Crippen LogP) is 3.19. The van der Waals surface area contributed by atoms with Crippen LogP contribution in [0.2, 0.25) is 0 Å². The summed E-state index contributed by atoms with van der Waals surface area (Å²) in [5.41, 5.74) is 0.558. The summed E-state index contributed by atoms with van der Waals surface area (Å²) in [4.78, 5) is 25.4. The van der Waals surface area contributed by atoms with Gasteiger partial charge in [0.25, 0.3) is 5.91 Å². The first-order valence-corrected chi connectivity index (χ1v) is 8.28. The zero-order valence-electron chi connectivity index (χ0n) is 13.8.